The van der Waals surface area contributed by atoms with Gasteiger partial charge in [-0.05, 0) is 26.7 Å². The predicted octanol–water partition coefficient (Wildman–Crippen LogP) is 1.95. The topological polar surface area (TPSA) is 87.2 Å². The molecule has 0 aliphatic carbocycles. The van der Waals surface area contributed by atoms with Crippen molar-refractivity contribution in [1.82, 2.24) is 14.7 Å². The van der Waals surface area contributed by atoms with Crippen LogP contribution in [0, 0.1) is 0 Å². The van der Waals surface area contributed by atoms with Crippen molar-refractivity contribution < 1.29 is 23.9 Å². The Bertz CT molecular complexity index is 695. The third-order valence-corrected chi connectivity index (χ3v) is 8.74. The van der Waals surface area contributed by atoms with Crippen molar-refractivity contribution in [2.75, 3.05) is 46.2 Å². The number of hydrogen-bond acceptors (Lipinski definition) is 7. The molecular formula is C21H33N3O5S2. The Kier molecular flexibility index (Phi) is 9.90. The minimum atomic E-state index is -0.367. The predicted molar refractivity (Wildman–Crippen MR) is 123 cm³/mol. The van der Waals surface area contributed by atoms with Gasteiger partial charge in [-0.3, -0.25) is 24.1 Å². The SMILES string of the molecule is CN1CCN(C)C(=O)CCC(C)(C)SSCCC(N2C(=O)C=CC2=O)COCCC1=O. The molecule has 0 bridgehead atoms. The van der Waals surface area contributed by atoms with Crippen molar-refractivity contribution in [3.05, 3.63) is 12.2 Å². The first kappa shape index (κ1) is 25.7. The highest BCUT2D eigenvalue weighted by Crippen LogP contribution is 2.39. The van der Waals surface area contributed by atoms with Crippen molar-refractivity contribution in [2.45, 2.75) is 50.3 Å². The lowest BCUT2D eigenvalue weighted by molar-refractivity contribution is -0.141. The molecule has 8 nitrogen and oxygen atoms in total. The maximum atomic E-state index is 12.4. The quantitative estimate of drug-likeness (QED) is 0.427. The van der Waals surface area contributed by atoms with Gasteiger partial charge in [0.2, 0.25) is 11.8 Å². The molecule has 0 spiro atoms. The number of rotatable bonds is 1. The summed E-state index contributed by atoms with van der Waals surface area (Å²) in [6, 6.07) is -0.367. The second-order valence-corrected chi connectivity index (χ2v) is 11.6. The molecule has 2 rings (SSSR count). The van der Waals surface area contributed by atoms with Crippen LogP contribution in [0.25, 0.3) is 0 Å². The van der Waals surface area contributed by atoms with Crippen LogP contribution in [-0.4, -0.2) is 95.3 Å². The number of imide groups is 1. The van der Waals surface area contributed by atoms with Crippen LogP contribution in [-0.2, 0) is 23.9 Å². The van der Waals surface area contributed by atoms with Crippen LogP contribution < -0.4 is 0 Å². The fourth-order valence-corrected chi connectivity index (χ4v) is 5.91. The summed E-state index contributed by atoms with van der Waals surface area (Å²) in [7, 11) is 6.88. The van der Waals surface area contributed by atoms with Gasteiger partial charge in [0.1, 0.15) is 0 Å². The maximum Gasteiger partial charge on any atom is 0.253 e. The number of amides is 4. The monoisotopic (exact) mass is 471 g/mol. The molecule has 174 valence electrons. The largest absolute Gasteiger partial charge is 0.379 e. The van der Waals surface area contributed by atoms with Gasteiger partial charge in [0.25, 0.3) is 11.8 Å². The zero-order chi connectivity index (χ0) is 23.0. The van der Waals surface area contributed by atoms with Gasteiger partial charge in [-0.2, -0.15) is 0 Å². The molecule has 0 radical (unpaired) electrons. The van der Waals surface area contributed by atoms with Crippen molar-refractivity contribution in [1.29, 1.82) is 0 Å². The summed E-state index contributed by atoms with van der Waals surface area (Å²) in [5, 5.41) is 0. The normalized spacial score (nSPS) is 25.7. The minimum Gasteiger partial charge on any atom is -0.379 e. The van der Waals surface area contributed by atoms with Crippen molar-refractivity contribution in [3.8, 4) is 0 Å². The van der Waals surface area contributed by atoms with Crippen LogP contribution in [0.3, 0.4) is 0 Å². The van der Waals surface area contributed by atoms with Gasteiger partial charge in [0.15, 0.2) is 0 Å². The second-order valence-electron chi connectivity index (χ2n) is 8.44. The van der Waals surface area contributed by atoms with Gasteiger partial charge in [0.05, 0.1) is 25.7 Å². The fraction of sp³-hybridized carbons (Fsp3) is 0.714. The Balaban J connectivity index is 2.04. The molecular weight excluding hydrogens is 438 g/mol. The van der Waals surface area contributed by atoms with Crippen LogP contribution in [0.1, 0.15) is 39.5 Å². The molecule has 0 aromatic heterocycles. The summed E-state index contributed by atoms with van der Waals surface area (Å²) >= 11 is 0. The highest BCUT2D eigenvalue weighted by Gasteiger charge is 2.31. The molecule has 1 atom stereocenters. The van der Waals surface area contributed by atoms with E-state index in [1.54, 1.807) is 45.5 Å². The average molecular weight is 472 g/mol. The lowest BCUT2D eigenvalue weighted by atomic mass is 10.1. The summed E-state index contributed by atoms with van der Waals surface area (Å²) in [5.41, 5.74) is 0. The molecule has 0 saturated carbocycles. The summed E-state index contributed by atoms with van der Waals surface area (Å²) < 4.78 is 5.61. The zero-order valence-corrected chi connectivity index (χ0v) is 20.4. The zero-order valence-electron chi connectivity index (χ0n) is 18.8. The smallest absolute Gasteiger partial charge is 0.253 e. The van der Waals surface area contributed by atoms with Crippen LogP contribution in [0.4, 0.5) is 0 Å². The molecule has 2 aliphatic heterocycles. The van der Waals surface area contributed by atoms with E-state index in [0.29, 0.717) is 25.9 Å². The molecule has 4 amide bonds. The van der Waals surface area contributed by atoms with E-state index in [4.69, 9.17) is 4.74 Å². The van der Waals surface area contributed by atoms with Crippen LogP contribution >= 0.6 is 21.6 Å². The van der Waals surface area contributed by atoms with E-state index in [2.05, 4.69) is 13.8 Å². The number of carbonyl (C=O) groups is 4. The van der Waals surface area contributed by atoms with E-state index < -0.39 is 0 Å². The van der Waals surface area contributed by atoms with Gasteiger partial charge in [-0.1, -0.05) is 21.6 Å². The highest BCUT2D eigenvalue weighted by molar-refractivity contribution is 8.77. The Morgan fingerprint density at radius 3 is 2.16 bits per heavy atom. The molecule has 31 heavy (non-hydrogen) atoms. The van der Waals surface area contributed by atoms with E-state index in [1.165, 1.54) is 17.1 Å². The molecule has 2 heterocycles. The lowest BCUT2D eigenvalue weighted by Crippen LogP contribution is -2.43. The Morgan fingerprint density at radius 2 is 1.55 bits per heavy atom. The summed E-state index contributed by atoms with van der Waals surface area (Å²) in [4.78, 5) is 53.5. The van der Waals surface area contributed by atoms with Gasteiger partial charge in [0, 0.05) is 56.3 Å². The number of nitrogens with zero attached hydrogens (tertiary/aromatic N) is 3. The standard InChI is InChI=1S/C21H33N3O5S2/c1-21(2)10-7-17(25)22(3)11-12-23(4)18(26)8-13-29-15-16(9-14-30-31-21)24-19(27)5-6-20(24)28/h5-6,16H,7-15H2,1-4H3. The first-order chi connectivity index (χ1) is 14.6. The molecule has 2 aliphatic rings. The second kappa shape index (κ2) is 11.9. The van der Waals surface area contributed by atoms with E-state index in [9.17, 15) is 19.2 Å². The Labute approximate surface area is 192 Å². The van der Waals surface area contributed by atoms with Crippen LogP contribution in [0.2, 0.25) is 0 Å². The molecule has 10 heteroatoms. The average Bonchev–Trinajstić information content (AvgIpc) is 3.06. The fourth-order valence-electron chi connectivity index (χ4n) is 3.20. The Morgan fingerprint density at radius 1 is 0.968 bits per heavy atom. The van der Waals surface area contributed by atoms with E-state index >= 15 is 0 Å². The first-order valence-corrected chi connectivity index (χ1v) is 12.8. The van der Waals surface area contributed by atoms with Gasteiger partial charge in [-0.15, -0.1) is 0 Å². The summed E-state index contributed by atoms with van der Waals surface area (Å²) in [6.07, 6.45) is 4.56. The molecule has 1 fully saturated rings. The van der Waals surface area contributed by atoms with E-state index in [0.717, 1.165) is 12.2 Å². The van der Waals surface area contributed by atoms with Gasteiger partial charge >= 0.3 is 0 Å². The third-order valence-electron chi connectivity index (χ3n) is 5.36. The molecule has 0 aromatic rings. The van der Waals surface area contributed by atoms with E-state index in [1.807, 2.05) is 0 Å². The minimum absolute atomic E-state index is 0.0680. The highest BCUT2D eigenvalue weighted by atomic mass is 33.1. The van der Waals surface area contributed by atoms with Crippen LogP contribution in [0.5, 0.6) is 0 Å². The number of ether oxygens (including phenoxy) is 1. The first-order valence-electron chi connectivity index (χ1n) is 10.5. The van der Waals surface area contributed by atoms with Crippen molar-refractivity contribution in [2.24, 2.45) is 0 Å². The van der Waals surface area contributed by atoms with E-state index in [-0.39, 0.29) is 54.1 Å². The summed E-state index contributed by atoms with van der Waals surface area (Å²) in [5.74, 6) is 0.0906. The van der Waals surface area contributed by atoms with Gasteiger partial charge < -0.3 is 14.5 Å². The van der Waals surface area contributed by atoms with Crippen molar-refractivity contribution >= 4 is 45.2 Å². The molecule has 1 unspecified atom stereocenters. The number of likely N-dealkylation sites (N-methyl/N-ethyl adjacent to an activating group) is 2. The number of carbonyl (C=O) groups excluding carboxylic acids is 4. The maximum absolute atomic E-state index is 12.4. The molecule has 0 N–H and O–H groups in total. The summed E-state index contributed by atoms with van der Waals surface area (Å²) in [6.45, 7) is 5.59. The molecule has 0 aromatic carbocycles. The van der Waals surface area contributed by atoms with Crippen LogP contribution in [0.15, 0.2) is 12.2 Å². The Hall–Kier alpha value is -1.52. The van der Waals surface area contributed by atoms with Crippen molar-refractivity contribution in [3.63, 3.8) is 0 Å². The lowest BCUT2D eigenvalue weighted by Gasteiger charge is -2.28. The molecule has 1 saturated heterocycles. The third kappa shape index (κ3) is 8.16. The number of hydrogen-bond donors (Lipinski definition) is 0. The van der Waals surface area contributed by atoms with Gasteiger partial charge in [-0.25, -0.2) is 0 Å².